The van der Waals surface area contributed by atoms with Crippen molar-refractivity contribution < 1.29 is 25.9 Å². The van der Waals surface area contributed by atoms with Crippen molar-refractivity contribution >= 4 is 12.1 Å². The van der Waals surface area contributed by atoms with Gasteiger partial charge in [0.1, 0.15) is 11.4 Å². The Bertz CT molecular complexity index is 486. The zero-order chi connectivity index (χ0) is 15.3. The Morgan fingerprint density at radius 2 is 1.95 bits per heavy atom. The lowest BCUT2D eigenvalue weighted by Gasteiger charge is -2.22. The molecular weight excluding hydrogens is 250 g/mol. The number of hydrogen-bond donors (Lipinski definition) is 3. The summed E-state index contributed by atoms with van der Waals surface area (Å²) in [4.78, 5) is 22.8. The van der Waals surface area contributed by atoms with Gasteiger partial charge in [0.05, 0.1) is 0 Å². The maximum Gasteiger partial charge on any atom is 0.408 e. The first-order valence-electron chi connectivity index (χ1n) is 6.26. The molecule has 0 aliphatic rings. The topological polar surface area (TPSA) is 95.9 Å². The number of phenolic OH excluding ortho intramolecular Hbond substituents is 1. The van der Waals surface area contributed by atoms with E-state index in [1.54, 1.807) is 13.8 Å². The highest BCUT2D eigenvalue weighted by Crippen LogP contribution is 2.18. The summed E-state index contributed by atoms with van der Waals surface area (Å²) in [5, 5.41) is 20.5. The van der Waals surface area contributed by atoms with Crippen molar-refractivity contribution in [1.82, 2.24) is 5.32 Å². The van der Waals surface area contributed by atoms with Gasteiger partial charge in [0.25, 0.3) is 0 Å². The zero-order valence-corrected chi connectivity index (χ0v) is 10.7. The fourth-order valence-corrected chi connectivity index (χ4v) is 1.35. The van der Waals surface area contributed by atoms with Crippen molar-refractivity contribution in [3.05, 3.63) is 29.8 Å². The second-order valence-corrected chi connectivity index (χ2v) is 4.66. The summed E-state index contributed by atoms with van der Waals surface area (Å²) >= 11 is 0. The van der Waals surface area contributed by atoms with Crippen LogP contribution >= 0.6 is 0 Å². The molecular formula is C13H17NO5. The Balaban J connectivity index is 2.81. The van der Waals surface area contributed by atoms with Crippen molar-refractivity contribution in [1.29, 1.82) is 0 Å². The third-order valence-electron chi connectivity index (χ3n) is 2.10. The second kappa shape index (κ2) is 5.60. The van der Waals surface area contributed by atoms with Gasteiger partial charge in [0, 0.05) is 1.37 Å². The third kappa shape index (κ3) is 4.87. The van der Waals surface area contributed by atoms with Crippen molar-refractivity contribution in [2.75, 3.05) is 0 Å². The average Bonchev–Trinajstić information content (AvgIpc) is 2.36. The fraction of sp³-hybridized carbons (Fsp3) is 0.385. The molecule has 0 saturated carbocycles. The Kier molecular flexibility index (Phi) is 3.89. The Morgan fingerprint density at radius 1 is 1.37 bits per heavy atom. The van der Waals surface area contributed by atoms with Crippen LogP contribution in [0.25, 0.3) is 0 Å². The number of aliphatic carboxylic acids is 1. The summed E-state index contributed by atoms with van der Waals surface area (Å²) in [5.41, 5.74) is -0.696. The molecule has 0 aliphatic carbocycles. The number of nitrogens with one attached hydrogen (secondary N) is 1. The molecule has 1 aromatic rings. The summed E-state index contributed by atoms with van der Waals surface area (Å²) in [6.07, 6.45) is -0.914. The molecule has 1 unspecified atom stereocenters. The molecule has 1 rings (SSSR count). The SMILES string of the molecule is [2H]CC(C)(C)OC(=O)NC(C(=O)O)c1ccc(O)cc1. The molecule has 0 spiro atoms. The van der Waals surface area contributed by atoms with E-state index in [1.807, 2.05) is 0 Å². The molecule has 1 amide bonds. The van der Waals surface area contributed by atoms with Gasteiger partial charge >= 0.3 is 12.1 Å². The predicted octanol–water partition coefficient (Wildman–Crippen LogP) is 2.04. The third-order valence-corrected chi connectivity index (χ3v) is 2.10. The van der Waals surface area contributed by atoms with Gasteiger partial charge in [-0.25, -0.2) is 9.59 Å². The standard InChI is InChI=1S/C13H17NO5/c1-13(2,3)19-12(18)14-10(11(16)17)8-4-6-9(15)7-5-8/h4-7,10,15H,1-3H3,(H,14,18)(H,16,17)/i1D. The van der Waals surface area contributed by atoms with Gasteiger partial charge in [-0.2, -0.15) is 0 Å². The van der Waals surface area contributed by atoms with Gasteiger partial charge in [-0.3, -0.25) is 0 Å². The van der Waals surface area contributed by atoms with E-state index in [1.165, 1.54) is 24.3 Å². The van der Waals surface area contributed by atoms with E-state index in [0.717, 1.165) is 0 Å². The van der Waals surface area contributed by atoms with Crippen LogP contribution in [0.4, 0.5) is 4.79 Å². The van der Waals surface area contributed by atoms with Gasteiger partial charge in [-0.1, -0.05) is 12.1 Å². The number of hydrogen-bond acceptors (Lipinski definition) is 4. The fourth-order valence-electron chi connectivity index (χ4n) is 1.35. The summed E-state index contributed by atoms with van der Waals surface area (Å²) < 4.78 is 12.2. The highest BCUT2D eigenvalue weighted by molar-refractivity contribution is 5.81. The van der Waals surface area contributed by atoms with Crippen LogP contribution in [0.15, 0.2) is 24.3 Å². The minimum Gasteiger partial charge on any atom is -0.508 e. The molecule has 104 valence electrons. The molecule has 0 saturated heterocycles. The molecule has 19 heavy (non-hydrogen) atoms. The minimum absolute atomic E-state index is 0.00388. The quantitative estimate of drug-likeness (QED) is 0.779. The number of alkyl carbamates (subject to hydrolysis) is 1. The monoisotopic (exact) mass is 268 g/mol. The summed E-state index contributed by atoms with van der Waals surface area (Å²) in [6, 6.07) is 4.15. The predicted molar refractivity (Wildman–Crippen MR) is 67.9 cm³/mol. The zero-order valence-electron chi connectivity index (χ0n) is 11.7. The van der Waals surface area contributed by atoms with Gasteiger partial charge in [0.15, 0.2) is 6.04 Å². The van der Waals surface area contributed by atoms with Crippen LogP contribution < -0.4 is 5.32 Å². The lowest BCUT2D eigenvalue weighted by Crippen LogP contribution is -2.38. The molecule has 3 N–H and O–H groups in total. The Hall–Kier alpha value is -2.24. The van der Waals surface area contributed by atoms with Gasteiger partial charge in [-0.05, 0) is 38.4 Å². The van der Waals surface area contributed by atoms with E-state index < -0.39 is 23.7 Å². The number of carboxylic acid groups (broad SMARTS) is 1. The lowest BCUT2D eigenvalue weighted by molar-refractivity contribution is -0.139. The minimum atomic E-state index is -1.29. The van der Waals surface area contributed by atoms with Gasteiger partial charge < -0.3 is 20.3 Å². The lowest BCUT2D eigenvalue weighted by atomic mass is 10.1. The molecule has 0 aliphatic heterocycles. The molecule has 0 heterocycles. The number of carboxylic acids is 1. The molecule has 6 heteroatoms. The number of aromatic hydroxyl groups is 1. The van der Waals surface area contributed by atoms with Crippen LogP contribution in [-0.4, -0.2) is 27.9 Å². The van der Waals surface area contributed by atoms with Crippen LogP contribution in [0.1, 0.15) is 33.7 Å². The smallest absolute Gasteiger partial charge is 0.408 e. The summed E-state index contributed by atoms with van der Waals surface area (Å²) in [7, 11) is 0. The second-order valence-electron chi connectivity index (χ2n) is 4.66. The Labute approximate surface area is 112 Å². The first kappa shape index (κ1) is 13.2. The summed E-state index contributed by atoms with van der Waals surface area (Å²) in [6.45, 7) is 2.96. The molecule has 1 aromatic carbocycles. The van der Waals surface area contributed by atoms with Crippen molar-refractivity contribution in [2.45, 2.75) is 32.4 Å². The average molecular weight is 268 g/mol. The van der Waals surface area contributed by atoms with Crippen molar-refractivity contribution in [2.24, 2.45) is 0 Å². The van der Waals surface area contributed by atoms with E-state index in [0.29, 0.717) is 5.56 Å². The van der Waals surface area contributed by atoms with E-state index in [2.05, 4.69) is 5.32 Å². The van der Waals surface area contributed by atoms with Crippen molar-refractivity contribution in [3.8, 4) is 5.75 Å². The first-order valence-corrected chi connectivity index (χ1v) is 5.55. The molecule has 0 bridgehead atoms. The van der Waals surface area contributed by atoms with Crippen LogP contribution in [0.2, 0.25) is 0 Å². The van der Waals surface area contributed by atoms with Crippen LogP contribution in [0, 0.1) is 0 Å². The molecule has 0 radical (unpaired) electrons. The van der Waals surface area contributed by atoms with Crippen LogP contribution in [0.5, 0.6) is 5.75 Å². The molecule has 0 fully saturated rings. The molecule has 1 atom stereocenters. The number of amides is 1. The van der Waals surface area contributed by atoms with Crippen LogP contribution in [-0.2, 0) is 9.53 Å². The van der Waals surface area contributed by atoms with E-state index in [-0.39, 0.29) is 12.6 Å². The highest BCUT2D eigenvalue weighted by Gasteiger charge is 2.25. The normalized spacial score (nSPS) is 13.3. The number of phenols is 1. The maximum absolute atomic E-state index is 11.6. The van der Waals surface area contributed by atoms with E-state index in [9.17, 15) is 9.59 Å². The largest absolute Gasteiger partial charge is 0.508 e. The number of carbonyl (C=O) groups excluding carboxylic acids is 1. The number of rotatable bonds is 3. The Morgan fingerprint density at radius 3 is 2.42 bits per heavy atom. The van der Waals surface area contributed by atoms with Crippen LogP contribution in [0.3, 0.4) is 0 Å². The van der Waals surface area contributed by atoms with E-state index in [4.69, 9.17) is 16.3 Å². The maximum atomic E-state index is 11.6. The first-order chi connectivity index (χ1) is 9.25. The van der Waals surface area contributed by atoms with Gasteiger partial charge in [0.2, 0.25) is 0 Å². The number of benzene rings is 1. The number of carbonyl (C=O) groups is 2. The number of ether oxygens (including phenoxy) is 1. The van der Waals surface area contributed by atoms with Gasteiger partial charge in [-0.15, -0.1) is 0 Å². The highest BCUT2D eigenvalue weighted by atomic mass is 16.6. The summed E-state index contributed by atoms with van der Waals surface area (Å²) in [5.74, 6) is -1.26. The van der Waals surface area contributed by atoms with Crippen molar-refractivity contribution in [3.63, 3.8) is 0 Å². The molecule has 6 nitrogen and oxygen atoms in total. The molecule has 0 aromatic heterocycles. The van der Waals surface area contributed by atoms with E-state index >= 15 is 0 Å².